The lowest BCUT2D eigenvalue weighted by molar-refractivity contribution is 0.415. The topological polar surface area (TPSA) is 30.3 Å². The zero-order valence-electron chi connectivity index (χ0n) is 15.9. The van der Waals surface area contributed by atoms with Crippen LogP contribution in [0.2, 0.25) is 0 Å². The number of rotatable bonds is 4. The van der Waals surface area contributed by atoms with Gasteiger partial charge in [-0.3, -0.25) is 0 Å². The number of ether oxygens (including phenoxy) is 1. The molecular weight excluding hydrogens is 334 g/mol. The molecule has 0 N–H and O–H groups in total. The average Bonchev–Trinajstić information content (AvgIpc) is 3.04. The molecule has 0 amide bonds. The van der Waals surface area contributed by atoms with E-state index >= 15 is 0 Å². The molecule has 0 atom stereocenters. The SMILES string of the molecule is C=C1C(C)=CC(c2nc3ccc(OC)cc3n2Cc2ccccc2)=CN1C. The fourth-order valence-electron chi connectivity index (χ4n) is 3.42. The number of imidazole rings is 1. The van der Waals surface area contributed by atoms with Crippen LogP contribution in [0.5, 0.6) is 5.75 Å². The Bertz CT molecular complexity index is 1070. The molecule has 4 heteroatoms. The molecule has 0 saturated carbocycles. The highest BCUT2D eigenvalue weighted by atomic mass is 16.5. The van der Waals surface area contributed by atoms with Gasteiger partial charge in [-0.15, -0.1) is 0 Å². The maximum atomic E-state index is 5.44. The van der Waals surface area contributed by atoms with Crippen LogP contribution in [-0.4, -0.2) is 28.6 Å². The molecule has 4 rings (SSSR count). The lowest BCUT2D eigenvalue weighted by atomic mass is 10.1. The molecule has 0 radical (unpaired) electrons. The van der Waals surface area contributed by atoms with E-state index < -0.39 is 0 Å². The molecule has 0 fully saturated rings. The smallest absolute Gasteiger partial charge is 0.142 e. The number of hydrogen-bond acceptors (Lipinski definition) is 3. The monoisotopic (exact) mass is 357 g/mol. The van der Waals surface area contributed by atoms with Crippen molar-refractivity contribution in [3.05, 3.63) is 90.0 Å². The van der Waals surface area contributed by atoms with Gasteiger partial charge in [0.2, 0.25) is 0 Å². The molecule has 0 spiro atoms. The Balaban J connectivity index is 1.90. The van der Waals surface area contributed by atoms with E-state index in [2.05, 4.69) is 65.6 Å². The molecule has 1 aromatic heterocycles. The summed E-state index contributed by atoms with van der Waals surface area (Å²) in [5.41, 5.74) is 6.48. The largest absolute Gasteiger partial charge is 0.497 e. The van der Waals surface area contributed by atoms with Crippen LogP contribution < -0.4 is 4.74 Å². The third-order valence-corrected chi connectivity index (χ3v) is 4.98. The number of benzene rings is 2. The first-order valence-corrected chi connectivity index (χ1v) is 8.97. The fraction of sp³-hybridized carbons (Fsp3) is 0.174. The summed E-state index contributed by atoms with van der Waals surface area (Å²) >= 11 is 0. The minimum Gasteiger partial charge on any atom is -0.497 e. The number of nitrogens with zero attached hydrogens (tertiary/aromatic N) is 3. The van der Waals surface area contributed by atoms with Crippen molar-refractivity contribution in [1.82, 2.24) is 14.5 Å². The summed E-state index contributed by atoms with van der Waals surface area (Å²) in [6.45, 7) is 6.96. The second-order valence-electron chi connectivity index (χ2n) is 6.83. The first-order chi connectivity index (χ1) is 13.1. The van der Waals surface area contributed by atoms with Gasteiger partial charge in [0.25, 0.3) is 0 Å². The van der Waals surface area contributed by atoms with Crippen LogP contribution in [0.4, 0.5) is 0 Å². The van der Waals surface area contributed by atoms with Gasteiger partial charge in [0, 0.05) is 37.1 Å². The number of allylic oxidation sites excluding steroid dienone is 3. The normalized spacial score (nSPS) is 14.3. The third-order valence-electron chi connectivity index (χ3n) is 4.98. The summed E-state index contributed by atoms with van der Waals surface area (Å²) in [5.74, 6) is 1.78. The molecule has 3 aromatic rings. The maximum absolute atomic E-state index is 5.44. The van der Waals surface area contributed by atoms with Crippen LogP contribution >= 0.6 is 0 Å². The molecular formula is C23H23N3O. The number of methoxy groups -OCH3 is 1. The summed E-state index contributed by atoms with van der Waals surface area (Å²) in [4.78, 5) is 6.99. The first-order valence-electron chi connectivity index (χ1n) is 8.97. The van der Waals surface area contributed by atoms with Crippen molar-refractivity contribution in [3.63, 3.8) is 0 Å². The molecule has 0 aliphatic carbocycles. The van der Waals surface area contributed by atoms with Crippen LogP contribution in [0.3, 0.4) is 0 Å². The van der Waals surface area contributed by atoms with E-state index in [9.17, 15) is 0 Å². The van der Waals surface area contributed by atoms with Crippen molar-refractivity contribution in [1.29, 1.82) is 0 Å². The van der Waals surface area contributed by atoms with Crippen molar-refractivity contribution in [2.24, 2.45) is 0 Å². The maximum Gasteiger partial charge on any atom is 0.142 e. The Morgan fingerprint density at radius 1 is 1.11 bits per heavy atom. The highest BCUT2D eigenvalue weighted by Crippen LogP contribution is 2.31. The quantitative estimate of drug-likeness (QED) is 0.669. The van der Waals surface area contributed by atoms with E-state index in [1.807, 2.05) is 25.2 Å². The van der Waals surface area contributed by atoms with Crippen LogP contribution in [-0.2, 0) is 6.54 Å². The molecule has 136 valence electrons. The zero-order valence-corrected chi connectivity index (χ0v) is 15.9. The first kappa shape index (κ1) is 17.2. The lowest BCUT2D eigenvalue weighted by Gasteiger charge is -2.24. The van der Waals surface area contributed by atoms with Crippen molar-refractivity contribution in [2.75, 3.05) is 14.2 Å². The van der Waals surface area contributed by atoms with Crippen molar-refractivity contribution in [2.45, 2.75) is 13.5 Å². The average molecular weight is 357 g/mol. The van der Waals surface area contributed by atoms with Gasteiger partial charge in [-0.1, -0.05) is 36.9 Å². The molecule has 27 heavy (non-hydrogen) atoms. The molecule has 1 aliphatic rings. The summed E-state index contributed by atoms with van der Waals surface area (Å²) in [6.07, 6.45) is 4.25. The van der Waals surface area contributed by atoms with E-state index in [1.165, 1.54) is 5.56 Å². The van der Waals surface area contributed by atoms with Gasteiger partial charge in [0.05, 0.1) is 18.1 Å². The molecule has 0 unspecified atom stereocenters. The van der Waals surface area contributed by atoms with Crippen molar-refractivity contribution >= 4 is 16.6 Å². The fourth-order valence-corrected chi connectivity index (χ4v) is 3.42. The Hall–Kier alpha value is -3.27. The van der Waals surface area contributed by atoms with Crippen LogP contribution in [0.25, 0.3) is 16.6 Å². The summed E-state index contributed by atoms with van der Waals surface area (Å²) in [6, 6.07) is 16.5. The third kappa shape index (κ3) is 3.14. The highest BCUT2D eigenvalue weighted by molar-refractivity contribution is 5.84. The summed E-state index contributed by atoms with van der Waals surface area (Å²) < 4.78 is 7.70. The van der Waals surface area contributed by atoms with Gasteiger partial charge < -0.3 is 14.2 Å². The molecule has 0 saturated heterocycles. The van der Waals surface area contributed by atoms with Gasteiger partial charge in [-0.05, 0) is 36.3 Å². The predicted molar refractivity (Wildman–Crippen MR) is 110 cm³/mol. The molecule has 0 bridgehead atoms. The highest BCUT2D eigenvalue weighted by Gasteiger charge is 2.19. The van der Waals surface area contributed by atoms with Gasteiger partial charge in [-0.25, -0.2) is 4.98 Å². The predicted octanol–water partition coefficient (Wildman–Crippen LogP) is 4.84. The van der Waals surface area contributed by atoms with Crippen LogP contribution in [0.15, 0.2) is 78.7 Å². The van der Waals surface area contributed by atoms with Gasteiger partial charge in [0.1, 0.15) is 11.6 Å². The Morgan fingerprint density at radius 2 is 1.89 bits per heavy atom. The Kier molecular flexibility index (Phi) is 4.32. The van der Waals surface area contributed by atoms with E-state index in [0.29, 0.717) is 0 Å². The van der Waals surface area contributed by atoms with Crippen molar-refractivity contribution < 1.29 is 4.74 Å². The molecule has 2 heterocycles. The number of likely N-dealkylation sites (N-methyl/N-ethyl adjacent to an activating group) is 1. The van der Waals surface area contributed by atoms with E-state index in [1.54, 1.807) is 7.11 Å². The van der Waals surface area contributed by atoms with Crippen molar-refractivity contribution in [3.8, 4) is 5.75 Å². The Labute approximate surface area is 159 Å². The van der Waals surface area contributed by atoms with Gasteiger partial charge >= 0.3 is 0 Å². The second-order valence-corrected chi connectivity index (χ2v) is 6.83. The van der Waals surface area contributed by atoms with Crippen LogP contribution in [0.1, 0.15) is 18.3 Å². The van der Waals surface area contributed by atoms with Crippen LogP contribution in [0, 0.1) is 0 Å². The minimum atomic E-state index is 0.745. The van der Waals surface area contributed by atoms with E-state index in [4.69, 9.17) is 9.72 Å². The molecule has 4 nitrogen and oxygen atoms in total. The second kappa shape index (κ2) is 6.80. The number of hydrogen-bond donors (Lipinski definition) is 0. The minimum absolute atomic E-state index is 0.745. The van der Waals surface area contributed by atoms with Gasteiger partial charge in [0.15, 0.2) is 0 Å². The molecule has 1 aliphatic heterocycles. The van der Waals surface area contributed by atoms with Gasteiger partial charge in [-0.2, -0.15) is 0 Å². The summed E-state index contributed by atoms with van der Waals surface area (Å²) in [5, 5.41) is 0. The Morgan fingerprint density at radius 3 is 2.59 bits per heavy atom. The van der Waals surface area contributed by atoms with E-state index in [0.717, 1.165) is 46.0 Å². The number of fused-ring (bicyclic) bond motifs is 1. The lowest BCUT2D eigenvalue weighted by Crippen LogP contribution is -2.16. The molecule has 2 aromatic carbocycles. The number of aromatic nitrogens is 2. The van der Waals surface area contributed by atoms with E-state index in [-0.39, 0.29) is 0 Å². The standard InChI is InChI=1S/C23H23N3O/c1-16-12-19(15-25(3)17(16)2)23-24-21-11-10-20(27-4)13-22(21)26(23)14-18-8-6-5-7-9-18/h5-13,15H,2,14H2,1,3-4H3. The summed E-state index contributed by atoms with van der Waals surface area (Å²) in [7, 11) is 3.71. The zero-order chi connectivity index (χ0) is 19.0.